The number of methoxy groups -OCH3 is 1. The first-order chi connectivity index (χ1) is 13.5. The predicted molar refractivity (Wildman–Crippen MR) is 108 cm³/mol. The average Bonchev–Trinajstić information content (AvgIpc) is 3.10. The highest BCUT2D eigenvalue weighted by Crippen LogP contribution is 2.26. The summed E-state index contributed by atoms with van der Waals surface area (Å²) in [5.41, 5.74) is 5.74. The number of ether oxygens (including phenoxy) is 1. The van der Waals surface area contributed by atoms with Crippen molar-refractivity contribution < 1.29 is 9.53 Å². The number of esters is 1. The van der Waals surface area contributed by atoms with Crippen LogP contribution in [0, 0.1) is 25.2 Å². The van der Waals surface area contributed by atoms with Gasteiger partial charge in [0.25, 0.3) is 0 Å². The molecule has 0 aliphatic carbocycles. The van der Waals surface area contributed by atoms with Gasteiger partial charge in [-0.15, -0.1) is 0 Å². The lowest BCUT2D eigenvalue weighted by Gasteiger charge is -2.04. The van der Waals surface area contributed by atoms with Crippen molar-refractivity contribution in [2.24, 2.45) is 0 Å². The van der Waals surface area contributed by atoms with Crippen molar-refractivity contribution in [1.82, 2.24) is 9.78 Å². The Labute approximate surface area is 164 Å². The van der Waals surface area contributed by atoms with Gasteiger partial charge in [-0.3, -0.25) is 4.68 Å². The maximum absolute atomic E-state index is 11.9. The molecule has 5 heteroatoms. The highest BCUT2D eigenvalue weighted by atomic mass is 16.5. The number of hydrogen-bond donors (Lipinski definition) is 0. The third-order valence-electron chi connectivity index (χ3n) is 4.58. The van der Waals surface area contributed by atoms with Crippen LogP contribution in [0.5, 0.6) is 0 Å². The van der Waals surface area contributed by atoms with Gasteiger partial charge in [0.2, 0.25) is 0 Å². The first-order valence-corrected chi connectivity index (χ1v) is 8.91. The molecule has 0 saturated carbocycles. The average molecular weight is 371 g/mol. The molecule has 28 heavy (non-hydrogen) atoms. The van der Waals surface area contributed by atoms with Gasteiger partial charge in [0.05, 0.1) is 19.3 Å². The lowest BCUT2D eigenvalue weighted by molar-refractivity contribution is -0.135. The van der Waals surface area contributed by atoms with Gasteiger partial charge < -0.3 is 4.74 Å². The van der Waals surface area contributed by atoms with Gasteiger partial charge in [-0.25, -0.2) is 4.79 Å². The number of carbonyl (C=O) groups is 1. The van der Waals surface area contributed by atoms with E-state index in [1.54, 1.807) is 0 Å². The Morgan fingerprint density at radius 2 is 1.93 bits per heavy atom. The fourth-order valence-corrected chi connectivity index (χ4v) is 2.91. The molecule has 5 nitrogen and oxygen atoms in total. The normalized spacial score (nSPS) is 11.1. The van der Waals surface area contributed by atoms with E-state index in [2.05, 4.69) is 13.0 Å². The number of nitrogens with zero attached hydrogens (tertiary/aromatic N) is 3. The maximum Gasteiger partial charge on any atom is 0.348 e. The number of benzene rings is 2. The number of aromatic nitrogens is 2. The number of carbonyl (C=O) groups excluding carboxylic acids is 1. The number of rotatable bonds is 5. The molecule has 3 aromatic rings. The van der Waals surface area contributed by atoms with E-state index in [1.807, 2.05) is 66.3 Å². The van der Waals surface area contributed by atoms with Gasteiger partial charge in [0.1, 0.15) is 11.6 Å². The third-order valence-corrected chi connectivity index (χ3v) is 4.58. The summed E-state index contributed by atoms with van der Waals surface area (Å²) in [7, 11) is 1.26. The molecule has 2 aromatic carbocycles. The van der Waals surface area contributed by atoms with E-state index >= 15 is 0 Å². The second-order valence-corrected chi connectivity index (χ2v) is 6.58. The molecule has 0 atom stereocenters. The smallest absolute Gasteiger partial charge is 0.348 e. The first kappa shape index (κ1) is 19.1. The van der Waals surface area contributed by atoms with E-state index in [9.17, 15) is 10.1 Å². The van der Waals surface area contributed by atoms with Crippen molar-refractivity contribution >= 4 is 12.0 Å². The molecular weight excluding hydrogens is 350 g/mol. The van der Waals surface area contributed by atoms with Crippen molar-refractivity contribution in [2.75, 3.05) is 7.11 Å². The molecule has 0 unspecified atom stereocenters. The minimum absolute atomic E-state index is 0.0631. The summed E-state index contributed by atoms with van der Waals surface area (Å²) in [6.07, 6.45) is 3.38. The standard InChI is InChI=1S/C23H21N3O2/c1-16-9-10-19(11-17(16)2)22-21(12-20(13-24)23(27)28-3)15-26(25-22)14-18-7-5-4-6-8-18/h4-12,15H,14H2,1-3H3/b20-12+. The summed E-state index contributed by atoms with van der Waals surface area (Å²) < 4.78 is 6.52. The molecule has 0 fully saturated rings. The quantitative estimate of drug-likeness (QED) is 0.381. The Kier molecular flexibility index (Phi) is 5.71. The molecule has 0 aliphatic heterocycles. The van der Waals surface area contributed by atoms with E-state index < -0.39 is 5.97 Å². The van der Waals surface area contributed by atoms with Crippen molar-refractivity contribution in [2.45, 2.75) is 20.4 Å². The molecular formula is C23H21N3O2. The molecule has 1 aromatic heterocycles. The summed E-state index contributed by atoms with van der Waals surface area (Å²) in [5, 5.41) is 14.1. The summed E-state index contributed by atoms with van der Waals surface area (Å²) in [6, 6.07) is 18.0. The lowest BCUT2D eigenvalue weighted by Crippen LogP contribution is -2.02. The van der Waals surface area contributed by atoms with Crippen LogP contribution in [0.15, 0.2) is 60.3 Å². The predicted octanol–water partition coefficient (Wildman–Crippen LogP) is 4.30. The topological polar surface area (TPSA) is 67.9 Å². The number of aryl methyl sites for hydroxylation is 2. The summed E-state index contributed by atoms with van der Waals surface area (Å²) >= 11 is 0. The van der Waals surface area contributed by atoms with E-state index in [1.165, 1.54) is 18.7 Å². The van der Waals surface area contributed by atoms with Gasteiger partial charge in [0, 0.05) is 17.3 Å². The van der Waals surface area contributed by atoms with Crippen LogP contribution < -0.4 is 0 Å². The molecule has 0 aliphatic rings. The van der Waals surface area contributed by atoms with Crippen molar-refractivity contribution in [1.29, 1.82) is 5.26 Å². The van der Waals surface area contributed by atoms with E-state index in [0.29, 0.717) is 12.1 Å². The van der Waals surface area contributed by atoms with E-state index in [-0.39, 0.29) is 5.57 Å². The van der Waals surface area contributed by atoms with Gasteiger partial charge in [0.15, 0.2) is 0 Å². The molecule has 1 heterocycles. The van der Waals surface area contributed by atoms with Crippen LogP contribution >= 0.6 is 0 Å². The molecule has 0 N–H and O–H groups in total. The van der Waals surface area contributed by atoms with Crippen LogP contribution in [0.3, 0.4) is 0 Å². The molecule has 140 valence electrons. The molecule has 0 spiro atoms. The summed E-state index contributed by atoms with van der Waals surface area (Å²) in [6.45, 7) is 4.69. The Morgan fingerprint density at radius 3 is 2.57 bits per heavy atom. The minimum Gasteiger partial charge on any atom is -0.465 e. The van der Waals surface area contributed by atoms with Crippen LogP contribution in [-0.2, 0) is 16.1 Å². The zero-order chi connectivity index (χ0) is 20.1. The van der Waals surface area contributed by atoms with Crippen molar-refractivity contribution in [3.63, 3.8) is 0 Å². The van der Waals surface area contributed by atoms with Crippen LogP contribution in [0.2, 0.25) is 0 Å². The molecule has 0 radical (unpaired) electrons. The monoisotopic (exact) mass is 371 g/mol. The Balaban J connectivity index is 2.10. The second kappa shape index (κ2) is 8.36. The van der Waals surface area contributed by atoms with Gasteiger partial charge in [-0.2, -0.15) is 10.4 Å². The van der Waals surface area contributed by atoms with Gasteiger partial charge in [-0.1, -0.05) is 42.5 Å². The van der Waals surface area contributed by atoms with E-state index in [0.717, 1.165) is 22.4 Å². The lowest BCUT2D eigenvalue weighted by atomic mass is 10.0. The van der Waals surface area contributed by atoms with Crippen LogP contribution in [-0.4, -0.2) is 22.9 Å². The Bertz CT molecular complexity index is 1070. The number of nitriles is 1. The summed E-state index contributed by atoms with van der Waals surface area (Å²) in [4.78, 5) is 11.9. The fourth-order valence-electron chi connectivity index (χ4n) is 2.91. The molecule has 3 rings (SSSR count). The van der Waals surface area contributed by atoms with Crippen molar-refractivity contribution in [3.05, 3.63) is 82.6 Å². The molecule has 0 bridgehead atoms. The van der Waals surface area contributed by atoms with Gasteiger partial charge in [-0.05, 0) is 42.7 Å². The number of hydrogen-bond acceptors (Lipinski definition) is 4. The third kappa shape index (κ3) is 4.18. The van der Waals surface area contributed by atoms with E-state index in [4.69, 9.17) is 9.84 Å². The van der Waals surface area contributed by atoms with Crippen LogP contribution in [0.4, 0.5) is 0 Å². The first-order valence-electron chi connectivity index (χ1n) is 8.91. The van der Waals surface area contributed by atoms with Crippen LogP contribution in [0.1, 0.15) is 22.3 Å². The van der Waals surface area contributed by atoms with Crippen LogP contribution in [0.25, 0.3) is 17.3 Å². The second-order valence-electron chi connectivity index (χ2n) is 6.58. The highest BCUT2D eigenvalue weighted by Gasteiger charge is 2.15. The molecule has 0 amide bonds. The zero-order valence-corrected chi connectivity index (χ0v) is 16.1. The summed E-state index contributed by atoms with van der Waals surface area (Å²) in [5.74, 6) is -0.663. The van der Waals surface area contributed by atoms with Crippen molar-refractivity contribution in [3.8, 4) is 17.3 Å². The maximum atomic E-state index is 11.9. The highest BCUT2D eigenvalue weighted by molar-refractivity contribution is 5.98. The van der Waals surface area contributed by atoms with Gasteiger partial charge >= 0.3 is 5.97 Å². The Hall–Kier alpha value is -3.65. The molecule has 0 saturated heterocycles. The fraction of sp³-hybridized carbons (Fsp3) is 0.174. The largest absolute Gasteiger partial charge is 0.465 e. The zero-order valence-electron chi connectivity index (χ0n) is 16.1. The SMILES string of the molecule is COC(=O)/C(C#N)=C/c1cn(Cc2ccccc2)nc1-c1ccc(C)c(C)c1. The Morgan fingerprint density at radius 1 is 1.18 bits per heavy atom. The minimum atomic E-state index is -0.663.